The number of carbonyl (C=O) groups excluding carboxylic acids is 1. The Morgan fingerprint density at radius 2 is 1.90 bits per heavy atom. The van der Waals surface area contributed by atoms with Crippen LogP contribution in [0.5, 0.6) is 0 Å². The van der Waals surface area contributed by atoms with Crippen LogP contribution in [0, 0.1) is 3.57 Å². The molecule has 158 valence electrons. The summed E-state index contributed by atoms with van der Waals surface area (Å²) in [6.07, 6.45) is 4.49. The second-order valence-electron chi connectivity index (χ2n) is 7.47. The molecule has 2 aromatic carbocycles. The van der Waals surface area contributed by atoms with Gasteiger partial charge in [0.25, 0.3) is 0 Å². The van der Waals surface area contributed by atoms with Crippen LogP contribution in [-0.2, 0) is 0 Å². The summed E-state index contributed by atoms with van der Waals surface area (Å²) in [4.78, 5) is 34.2. The number of para-hydroxylation sites is 1. The number of hydrogen-bond donors (Lipinski definition) is 2. The van der Waals surface area contributed by atoms with Gasteiger partial charge in [-0.2, -0.15) is 5.10 Å². The summed E-state index contributed by atoms with van der Waals surface area (Å²) in [5.41, 5.74) is 2.97. The highest BCUT2D eigenvalue weighted by atomic mass is 127. The fraction of sp³-hybridized carbons (Fsp3) is 0.238. The van der Waals surface area contributed by atoms with E-state index in [-0.39, 0.29) is 17.8 Å². The van der Waals surface area contributed by atoms with Crippen molar-refractivity contribution in [2.75, 3.05) is 18.4 Å². The molecule has 0 spiro atoms. The van der Waals surface area contributed by atoms with Gasteiger partial charge in [-0.1, -0.05) is 6.07 Å². The lowest BCUT2D eigenvalue weighted by Gasteiger charge is -2.32. The first kappa shape index (κ1) is 19.8. The molecule has 0 unspecified atom stereocenters. The Bertz CT molecular complexity index is 1270. The summed E-state index contributed by atoms with van der Waals surface area (Å²) in [6, 6.07) is 13.4. The number of halogens is 1. The van der Waals surface area contributed by atoms with E-state index in [4.69, 9.17) is 0 Å². The molecule has 2 amide bonds. The maximum atomic E-state index is 12.8. The molecule has 10 heteroatoms. The fourth-order valence-electron chi connectivity index (χ4n) is 4.08. The van der Waals surface area contributed by atoms with E-state index < -0.39 is 0 Å². The second-order valence-corrected chi connectivity index (χ2v) is 8.71. The molecule has 5 rings (SSSR count). The maximum absolute atomic E-state index is 12.8. The molecular formula is C21H20IN7O2. The molecule has 1 aliphatic rings. The Balaban J connectivity index is 1.33. The number of H-pyrrole nitrogens is 1. The minimum Gasteiger partial charge on any atom is -0.324 e. The molecule has 31 heavy (non-hydrogen) atoms. The van der Waals surface area contributed by atoms with E-state index >= 15 is 0 Å². The predicted octanol–water partition coefficient (Wildman–Crippen LogP) is 3.38. The van der Waals surface area contributed by atoms with Gasteiger partial charge in [0, 0.05) is 28.4 Å². The zero-order valence-electron chi connectivity index (χ0n) is 16.5. The number of benzene rings is 2. The number of carbonyl (C=O) groups is 1. The van der Waals surface area contributed by atoms with Crippen molar-refractivity contribution in [1.29, 1.82) is 0 Å². The van der Waals surface area contributed by atoms with Crippen molar-refractivity contribution in [1.82, 2.24) is 29.2 Å². The number of nitrogens with one attached hydrogen (secondary N) is 2. The van der Waals surface area contributed by atoms with Gasteiger partial charge in [-0.3, -0.25) is 4.57 Å². The van der Waals surface area contributed by atoms with Gasteiger partial charge in [0.15, 0.2) is 0 Å². The van der Waals surface area contributed by atoms with E-state index in [1.807, 2.05) is 47.0 Å². The Morgan fingerprint density at radius 3 is 2.61 bits per heavy atom. The molecule has 0 saturated carbocycles. The van der Waals surface area contributed by atoms with Crippen LogP contribution in [0.15, 0.2) is 59.9 Å². The Hall–Kier alpha value is -3.15. The quantitative estimate of drug-likeness (QED) is 0.398. The normalized spacial score (nSPS) is 14.8. The number of aromatic amines is 1. The van der Waals surface area contributed by atoms with E-state index in [0.717, 1.165) is 26.0 Å². The maximum Gasteiger partial charge on any atom is 0.326 e. The second kappa shape index (κ2) is 8.17. The first-order chi connectivity index (χ1) is 15.1. The lowest BCUT2D eigenvalue weighted by molar-refractivity contribution is 0.184. The minimum atomic E-state index is -0.149. The number of rotatable bonds is 3. The highest BCUT2D eigenvalue weighted by molar-refractivity contribution is 14.1. The van der Waals surface area contributed by atoms with E-state index in [2.05, 4.69) is 43.0 Å². The molecule has 9 nitrogen and oxygen atoms in total. The van der Waals surface area contributed by atoms with Crippen molar-refractivity contribution >= 4 is 45.3 Å². The van der Waals surface area contributed by atoms with Crippen molar-refractivity contribution in [2.45, 2.75) is 18.9 Å². The number of likely N-dealkylation sites (tertiary alicyclic amines) is 1. The van der Waals surface area contributed by atoms with E-state index in [1.54, 1.807) is 15.9 Å². The topological polar surface area (TPSA) is 101 Å². The molecule has 0 radical (unpaired) electrons. The molecule has 1 fully saturated rings. The molecule has 0 atom stereocenters. The molecule has 2 aromatic heterocycles. The van der Waals surface area contributed by atoms with E-state index in [0.29, 0.717) is 25.9 Å². The van der Waals surface area contributed by atoms with Crippen LogP contribution < -0.4 is 11.0 Å². The summed E-state index contributed by atoms with van der Waals surface area (Å²) in [5, 5.41) is 7.13. The summed E-state index contributed by atoms with van der Waals surface area (Å²) < 4.78 is 4.57. The van der Waals surface area contributed by atoms with Gasteiger partial charge in [0.2, 0.25) is 0 Å². The van der Waals surface area contributed by atoms with Crippen molar-refractivity contribution in [3.05, 3.63) is 69.2 Å². The third-order valence-electron chi connectivity index (χ3n) is 5.61. The van der Waals surface area contributed by atoms with Crippen molar-refractivity contribution in [3.63, 3.8) is 0 Å². The molecular weight excluding hydrogens is 509 g/mol. The zero-order chi connectivity index (χ0) is 21.4. The van der Waals surface area contributed by atoms with Gasteiger partial charge < -0.3 is 15.2 Å². The van der Waals surface area contributed by atoms with Crippen LogP contribution in [0.4, 0.5) is 10.5 Å². The molecule has 2 N–H and O–H groups in total. The van der Waals surface area contributed by atoms with Gasteiger partial charge in [0.1, 0.15) is 12.7 Å². The van der Waals surface area contributed by atoms with Gasteiger partial charge in [-0.05, 0) is 71.8 Å². The smallest absolute Gasteiger partial charge is 0.324 e. The van der Waals surface area contributed by atoms with Crippen LogP contribution in [0.1, 0.15) is 18.9 Å². The molecule has 0 aliphatic carbocycles. The van der Waals surface area contributed by atoms with Gasteiger partial charge in [-0.15, -0.1) is 0 Å². The summed E-state index contributed by atoms with van der Waals surface area (Å²) in [7, 11) is 0. The largest absolute Gasteiger partial charge is 0.326 e. The van der Waals surface area contributed by atoms with Crippen LogP contribution in [-0.4, -0.2) is 48.3 Å². The monoisotopic (exact) mass is 529 g/mol. The van der Waals surface area contributed by atoms with E-state index in [1.165, 1.54) is 6.33 Å². The van der Waals surface area contributed by atoms with Gasteiger partial charge in [0.05, 0.1) is 16.7 Å². The number of urea groups is 1. The number of imidazole rings is 1. The van der Waals surface area contributed by atoms with Crippen LogP contribution in [0.25, 0.3) is 16.7 Å². The number of piperidine rings is 1. The number of amides is 2. The summed E-state index contributed by atoms with van der Waals surface area (Å²) in [5.74, 6) is 0. The Kier molecular flexibility index (Phi) is 5.22. The lowest BCUT2D eigenvalue weighted by Crippen LogP contribution is -2.42. The Morgan fingerprint density at radius 1 is 1.13 bits per heavy atom. The predicted molar refractivity (Wildman–Crippen MR) is 125 cm³/mol. The van der Waals surface area contributed by atoms with Crippen LogP contribution in [0.2, 0.25) is 0 Å². The van der Waals surface area contributed by atoms with Gasteiger partial charge in [-0.25, -0.2) is 19.3 Å². The third kappa shape index (κ3) is 3.82. The first-order valence-electron chi connectivity index (χ1n) is 10.00. The van der Waals surface area contributed by atoms with Crippen molar-refractivity contribution < 1.29 is 4.79 Å². The minimum absolute atomic E-state index is 0.0228. The van der Waals surface area contributed by atoms with Gasteiger partial charge >= 0.3 is 11.7 Å². The zero-order valence-corrected chi connectivity index (χ0v) is 18.7. The average Bonchev–Trinajstić information content (AvgIpc) is 3.42. The number of fused-ring (bicyclic) bond motifs is 1. The first-order valence-corrected chi connectivity index (χ1v) is 11.1. The number of anilines is 1. The van der Waals surface area contributed by atoms with Crippen LogP contribution in [0.3, 0.4) is 0 Å². The molecule has 1 saturated heterocycles. The number of nitrogens with zero attached hydrogens (tertiary/aromatic N) is 5. The molecule has 0 bridgehead atoms. The molecule has 1 aliphatic heterocycles. The highest BCUT2D eigenvalue weighted by Crippen LogP contribution is 2.27. The van der Waals surface area contributed by atoms with Crippen molar-refractivity contribution in [2.24, 2.45) is 0 Å². The summed E-state index contributed by atoms with van der Waals surface area (Å²) >= 11 is 2.23. The standard InChI is InChI=1S/C21H20IN7O2/c22-14-4-6-15(7-5-14)25-20(30)27-10-8-16(9-11-27)29-18-3-1-2-17(19(18)26-21(29)31)28-13-23-12-24-28/h1-7,12-13,16H,8-11H2,(H,25,30)(H,26,31). The van der Waals surface area contributed by atoms with E-state index in [9.17, 15) is 9.59 Å². The average molecular weight is 529 g/mol. The summed E-state index contributed by atoms with van der Waals surface area (Å²) in [6.45, 7) is 1.17. The molecule has 4 aromatic rings. The van der Waals surface area contributed by atoms with Crippen molar-refractivity contribution in [3.8, 4) is 5.69 Å². The van der Waals surface area contributed by atoms with Crippen LogP contribution >= 0.6 is 22.6 Å². The fourth-order valence-corrected chi connectivity index (χ4v) is 4.44. The SMILES string of the molecule is O=C(Nc1ccc(I)cc1)N1CCC(n2c(=O)[nH]c3c(-n4cncn4)cccc32)CC1. The highest BCUT2D eigenvalue weighted by Gasteiger charge is 2.26. The third-order valence-corrected chi connectivity index (χ3v) is 6.33. The number of hydrogen-bond acceptors (Lipinski definition) is 4. The molecule has 3 heterocycles. The Labute approximate surface area is 191 Å². The number of aromatic nitrogens is 5. The lowest BCUT2D eigenvalue weighted by atomic mass is 10.0.